The van der Waals surface area contributed by atoms with Gasteiger partial charge in [-0.3, -0.25) is 0 Å². The molecule has 0 fully saturated rings. The van der Waals surface area contributed by atoms with Crippen molar-refractivity contribution in [3.8, 4) is 0 Å². The summed E-state index contributed by atoms with van der Waals surface area (Å²) < 4.78 is 33.3. The average molecular weight is 271 g/mol. The maximum atomic E-state index is 14.1. The summed E-state index contributed by atoms with van der Waals surface area (Å²) in [6.45, 7) is 5.56. The molecule has 0 saturated heterocycles. The topological polar surface area (TPSA) is 21.3 Å². The van der Waals surface area contributed by atoms with Gasteiger partial charge in [-0.05, 0) is 52.3 Å². The van der Waals surface area contributed by atoms with Gasteiger partial charge in [0.1, 0.15) is 11.6 Å². The SMILES string of the molecule is CNC(CCC(C)(C)OC)c1c(F)ccc(C)c1F. The van der Waals surface area contributed by atoms with Crippen molar-refractivity contribution in [2.24, 2.45) is 0 Å². The highest BCUT2D eigenvalue weighted by molar-refractivity contribution is 5.29. The molecule has 0 saturated carbocycles. The van der Waals surface area contributed by atoms with Gasteiger partial charge in [0.2, 0.25) is 0 Å². The molecule has 1 N–H and O–H groups in total. The van der Waals surface area contributed by atoms with E-state index < -0.39 is 11.6 Å². The van der Waals surface area contributed by atoms with Crippen molar-refractivity contribution in [3.63, 3.8) is 0 Å². The molecule has 0 spiro atoms. The molecule has 1 aromatic rings. The lowest BCUT2D eigenvalue weighted by molar-refractivity contribution is 0.0117. The molecule has 1 aromatic carbocycles. The van der Waals surface area contributed by atoms with Crippen molar-refractivity contribution in [1.29, 1.82) is 0 Å². The molecule has 0 radical (unpaired) electrons. The molecule has 0 aromatic heterocycles. The molecular weight excluding hydrogens is 248 g/mol. The lowest BCUT2D eigenvalue weighted by Crippen LogP contribution is -2.27. The van der Waals surface area contributed by atoms with E-state index in [0.717, 1.165) is 0 Å². The zero-order valence-electron chi connectivity index (χ0n) is 12.3. The standard InChI is InChI=1S/C15H23F2NO/c1-10-6-7-11(16)13(14(10)17)12(18-4)8-9-15(2,3)19-5/h6-7,12,18H,8-9H2,1-5H3. The Morgan fingerprint density at radius 1 is 1.32 bits per heavy atom. The summed E-state index contributed by atoms with van der Waals surface area (Å²) in [4.78, 5) is 0. The van der Waals surface area contributed by atoms with E-state index in [9.17, 15) is 8.78 Å². The van der Waals surface area contributed by atoms with E-state index >= 15 is 0 Å². The van der Waals surface area contributed by atoms with Crippen LogP contribution in [-0.2, 0) is 4.74 Å². The number of methoxy groups -OCH3 is 1. The number of ether oxygens (including phenoxy) is 1. The third kappa shape index (κ3) is 3.98. The zero-order valence-corrected chi connectivity index (χ0v) is 12.3. The average Bonchev–Trinajstić information content (AvgIpc) is 2.38. The van der Waals surface area contributed by atoms with Crippen LogP contribution in [0.3, 0.4) is 0 Å². The monoisotopic (exact) mass is 271 g/mol. The van der Waals surface area contributed by atoms with Crippen LogP contribution in [0.15, 0.2) is 12.1 Å². The first-order valence-corrected chi connectivity index (χ1v) is 6.49. The minimum Gasteiger partial charge on any atom is -0.379 e. The minimum atomic E-state index is -0.502. The number of benzene rings is 1. The number of nitrogens with one attached hydrogen (secondary N) is 1. The molecule has 19 heavy (non-hydrogen) atoms. The molecule has 1 atom stereocenters. The molecule has 0 amide bonds. The van der Waals surface area contributed by atoms with Gasteiger partial charge in [0.25, 0.3) is 0 Å². The minimum absolute atomic E-state index is 0.120. The molecule has 1 unspecified atom stereocenters. The Morgan fingerprint density at radius 3 is 2.47 bits per heavy atom. The fourth-order valence-corrected chi connectivity index (χ4v) is 2.02. The molecule has 0 aliphatic carbocycles. The van der Waals surface area contributed by atoms with Gasteiger partial charge in [-0.1, -0.05) is 6.07 Å². The second-order valence-electron chi connectivity index (χ2n) is 5.44. The summed E-state index contributed by atoms with van der Waals surface area (Å²) in [6.07, 6.45) is 1.32. The van der Waals surface area contributed by atoms with Crippen LogP contribution >= 0.6 is 0 Å². The second kappa shape index (κ2) is 6.44. The van der Waals surface area contributed by atoms with E-state index in [0.29, 0.717) is 18.4 Å². The highest BCUT2D eigenvalue weighted by atomic mass is 19.1. The molecule has 0 bridgehead atoms. The molecule has 0 heterocycles. The summed E-state index contributed by atoms with van der Waals surface area (Å²) in [5.74, 6) is -0.966. The summed E-state index contributed by atoms with van der Waals surface area (Å²) in [6, 6.07) is 2.42. The first-order valence-electron chi connectivity index (χ1n) is 6.49. The van der Waals surface area contributed by atoms with Gasteiger partial charge in [-0.2, -0.15) is 0 Å². The smallest absolute Gasteiger partial charge is 0.133 e. The number of halogens is 2. The van der Waals surface area contributed by atoms with Gasteiger partial charge < -0.3 is 10.1 Å². The highest BCUT2D eigenvalue weighted by Crippen LogP contribution is 2.29. The maximum absolute atomic E-state index is 14.1. The molecule has 0 aliphatic rings. The largest absolute Gasteiger partial charge is 0.379 e. The number of hydrogen-bond donors (Lipinski definition) is 1. The zero-order chi connectivity index (χ0) is 14.6. The van der Waals surface area contributed by atoms with Crippen molar-refractivity contribution in [1.82, 2.24) is 5.32 Å². The van der Waals surface area contributed by atoms with Crippen molar-refractivity contribution in [3.05, 3.63) is 34.9 Å². The first kappa shape index (κ1) is 16.1. The van der Waals surface area contributed by atoms with Gasteiger partial charge in [0.15, 0.2) is 0 Å². The van der Waals surface area contributed by atoms with Crippen LogP contribution in [0.1, 0.15) is 43.9 Å². The van der Waals surface area contributed by atoms with E-state index in [-0.39, 0.29) is 17.2 Å². The maximum Gasteiger partial charge on any atom is 0.133 e. The molecule has 108 valence electrons. The highest BCUT2D eigenvalue weighted by Gasteiger charge is 2.24. The fraction of sp³-hybridized carbons (Fsp3) is 0.600. The quantitative estimate of drug-likeness (QED) is 0.851. The Kier molecular flexibility index (Phi) is 5.44. The van der Waals surface area contributed by atoms with Crippen molar-refractivity contribution < 1.29 is 13.5 Å². The van der Waals surface area contributed by atoms with Gasteiger partial charge in [0, 0.05) is 18.7 Å². The molecular formula is C15H23F2NO. The Labute approximate surface area is 114 Å². The third-order valence-corrected chi connectivity index (χ3v) is 3.60. The van der Waals surface area contributed by atoms with Crippen LogP contribution < -0.4 is 5.32 Å². The van der Waals surface area contributed by atoms with Gasteiger partial charge >= 0.3 is 0 Å². The summed E-state index contributed by atoms with van der Waals surface area (Å²) >= 11 is 0. The Morgan fingerprint density at radius 2 is 1.95 bits per heavy atom. The van der Waals surface area contributed by atoms with Crippen LogP contribution in [0.2, 0.25) is 0 Å². The Balaban J connectivity index is 2.95. The van der Waals surface area contributed by atoms with Crippen LogP contribution in [0.5, 0.6) is 0 Å². The van der Waals surface area contributed by atoms with Crippen LogP contribution in [-0.4, -0.2) is 19.8 Å². The molecule has 0 aliphatic heterocycles. The second-order valence-corrected chi connectivity index (χ2v) is 5.44. The number of aryl methyl sites for hydroxylation is 1. The summed E-state index contributed by atoms with van der Waals surface area (Å²) in [5.41, 5.74) is 0.281. The fourth-order valence-electron chi connectivity index (χ4n) is 2.02. The van der Waals surface area contributed by atoms with Crippen molar-refractivity contribution in [2.45, 2.75) is 45.3 Å². The van der Waals surface area contributed by atoms with Gasteiger partial charge in [-0.25, -0.2) is 8.78 Å². The van der Waals surface area contributed by atoms with E-state index in [2.05, 4.69) is 5.32 Å². The third-order valence-electron chi connectivity index (χ3n) is 3.60. The molecule has 1 rings (SSSR count). The molecule has 2 nitrogen and oxygen atoms in total. The van der Waals surface area contributed by atoms with E-state index in [4.69, 9.17) is 4.74 Å². The van der Waals surface area contributed by atoms with Crippen molar-refractivity contribution >= 4 is 0 Å². The van der Waals surface area contributed by atoms with E-state index in [1.54, 1.807) is 21.1 Å². The lowest BCUT2D eigenvalue weighted by Gasteiger charge is -2.26. The normalized spacial score (nSPS) is 13.6. The lowest BCUT2D eigenvalue weighted by atomic mass is 9.93. The Hall–Kier alpha value is -1.00. The van der Waals surface area contributed by atoms with E-state index in [1.165, 1.54) is 12.1 Å². The summed E-state index contributed by atoms with van der Waals surface area (Å²) in [5, 5.41) is 2.99. The number of hydrogen-bond acceptors (Lipinski definition) is 2. The predicted molar refractivity (Wildman–Crippen MR) is 73.2 cm³/mol. The Bertz CT molecular complexity index is 432. The summed E-state index contributed by atoms with van der Waals surface area (Å²) in [7, 11) is 3.36. The first-order chi connectivity index (χ1) is 8.82. The predicted octanol–water partition coefficient (Wildman–Crippen LogP) is 3.74. The van der Waals surface area contributed by atoms with Crippen LogP contribution in [0, 0.1) is 18.6 Å². The molecule has 4 heteroatoms. The van der Waals surface area contributed by atoms with Crippen LogP contribution in [0.25, 0.3) is 0 Å². The number of rotatable bonds is 6. The van der Waals surface area contributed by atoms with Crippen LogP contribution in [0.4, 0.5) is 8.78 Å². The van der Waals surface area contributed by atoms with E-state index in [1.807, 2.05) is 13.8 Å². The van der Waals surface area contributed by atoms with Gasteiger partial charge in [0.05, 0.1) is 5.60 Å². The van der Waals surface area contributed by atoms with Gasteiger partial charge in [-0.15, -0.1) is 0 Å². The van der Waals surface area contributed by atoms with Crippen molar-refractivity contribution in [2.75, 3.05) is 14.2 Å².